The Morgan fingerprint density at radius 1 is 1.22 bits per heavy atom. The van der Waals surface area contributed by atoms with Crippen molar-refractivity contribution >= 4 is 24.6 Å². The average molecular weight is 283 g/mol. The first-order valence-electron chi connectivity index (χ1n) is 6.28. The first-order chi connectivity index (χ1) is 8.85. The number of thiol groups is 1. The molecular formula is C13H17NO2S2. The van der Waals surface area contributed by atoms with Gasteiger partial charge in [-0.25, -0.2) is 4.31 Å². The van der Waals surface area contributed by atoms with Crippen LogP contribution in [-0.4, -0.2) is 29.9 Å². The summed E-state index contributed by atoms with van der Waals surface area (Å²) in [6.07, 6.45) is 2.50. The summed E-state index contributed by atoms with van der Waals surface area (Å²) in [5, 5.41) is 0. The molecule has 2 aliphatic heterocycles. The normalized spacial score (nSPS) is 20.3. The van der Waals surface area contributed by atoms with Crippen LogP contribution >= 0.6 is 24.6 Å². The Kier molecular flexibility index (Phi) is 3.91. The molecule has 2 aliphatic rings. The molecule has 18 heavy (non-hydrogen) atoms. The van der Waals surface area contributed by atoms with Gasteiger partial charge in [0.1, 0.15) is 0 Å². The smallest absolute Gasteiger partial charge is 0.231 e. The zero-order valence-electron chi connectivity index (χ0n) is 10.2. The fourth-order valence-corrected chi connectivity index (χ4v) is 3.61. The molecule has 0 atom stereocenters. The minimum Gasteiger partial charge on any atom is -0.454 e. The molecule has 0 amide bonds. The minimum atomic E-state index is 0.344. The second-order valence-corrected chi connectivity index (χ2v) is 6.20. The summed E-state index contributed by atoms with van der Waals surface area (Å²) in [6, 6.07) is 6.16. The molecule has 0 unspecified atom stereocenters. The number of rotatable bonds is 3. The highest BCUT2D eigenvalue weighted by molar-refractivity contribution is 7.97. The summed E-state index contributed by atoms with van der Waals surface area (Å²) < 4.78 is 13.1. The molecule has 1 aromatic carbocycles. The number of ether oxygens (including phenoxy) is 2. The Bertz CT molecular complexity index is 419. The molecule has 1 fully saturated rings. The number of hydrogen-bond acceptors (Lipinski definition) is 5. The van der Waals surface area contributed by atoms with Gasteiger partial charge in [0.15, 0.2) is 11.5 Å². The predicted octanol–water partition coefficient (Wildman–Crippen LogP) is 3.06. The van der Waals surface area contributed by atoms with E-state index in [4.69, 9.17) is 9.47 Å². The number of hydrogen-bond donors (Lipinski definition) is 1. The van der Waals surface area contributed by atoms with Crippen LogP contribution in [0.15, 0.2) is 23.1 Å². The van der Waals surface area contributed by atoms with E-state index in [-0.39, 0.29) is 0 Å². The first-order valence-corrected chi connectivity index (χ1v) is 7.69. The number of fused-ring (bicyclic) bond motifs is 1. The Labute approximate surface area is 117 Å². The van der Waals surface area contributed by atoms with Gasteiger partial charge in [-0.1, -0.05) is 0 Å². The fraction of sp³-hybridized carbons (Fsp3) is 0.538. The lowest BCUT2D eigenvalue weighted by atomic mass is 10.0. The van der Waals surface area contributed by atoms with Crippen molar-refractivity contribution in [1.82, 2.24) is 4.31 Å². The number of nitrogens with zero attached hydrogens (tertiary/aromatic N) is 1. The maximum atomic E-state index is 5.40. The monoisotopic (exact) mass is 283 g/mol. The van der Waals surface area contributed by atoms with E-state index in [9.17, 15) is 0 Å². The molecule has 0 saturated carbocycles. The summed E-state index contributed by atoms with van der Waals surface area (Å²) >= 11 is 6.20. The number of benzene rings is 1. The molecule has 5 heteroatoms. The standard InChI is InChI=1S/C13H17NO2S2/c17-8-10-3-5-14(6-4-10)18-11-1-2-12-13(7-11)16-9-15-12/h1-2,7,10,17H,3-6,8-9H2. The molecule has 1 aromatic rings. The van der Waals surface area contributed by atoms with Crippen molar-refractivity contribution in [2.75, 3.05) is 25.6 Å². The highest BCUT2D eigenvalue weighted by atomic mass is 32.2. The van der Waals surface area contributed by atoms with Crippen LogP contribution in [0.1, 0.15) is 12.8 Å². The van der Waals surface area contributed by atoms with Crippen molar-refractivity contribution in [2.24, 2.45) is 5.92 Å². The van der Waals surface area contributed by atoms with Crippen LogP contribution in [0.2, 0.25) is 0 Å². The molecule has 3 nitrogen and oxygen atoms in total. The minimum absolute atomic E-state index is 0.344. The lowest BCUT2D eigenvalue weighted by Gasteiger charge is -2.30. The molecule has 1 saturated heterocycles. The molecular weight excluding hydrogens is 266 g/mol. The third-order valence-corrected chi connectivity index (χ3v) is 5.01. The summed E-state index contributed by atoms with van der Waals surface area (Å²) in [4.78, 5) is 1.23. The molecule has 0 aromatic heterocycles. The van der Waals surface area contributed by atoms with Gasteiger partial charge >= 0.3 is 0 Å². The maximum Gasteiger partial charge on any atom is 0.231 e. The zero-order valence-corrected chi connectivity index (χ0v) is 11.9. The SMILES string of the molecule is SCC1CCN(Sc2ccc3c(c2)OCO3)CC1. The lowest BCUT2D eigenvalue weighted by molar-refractivity contribution is 0.174. The first kappa shape index (κ1) is 12.5. The van der Waals surface area contributed by atoms with Crippen LogP contribution in [0.4, 0.5) is 0 Å². The van der Waals surface area contributed by atoms with Gasteiger partial charge < -0.3 is 9.47 Å². The Morgan fingerprint density at radius 3 is 2.78 bits per heavy atom. The van der Waals surface area contributed by atoms with Gasteiger partial charge in [0.25, 0.3) is 0 Å². The predicted molar refractivity (Wildman–Crippen MR) is 76.6 cm³/mol. The molecule has 0 aliphatic carbocycles. The van der Waals surface area contributed by atoms with E-state index in [1.165, 1.54) is 17.7 Å². The number of piperidine rings is 1. The Balaban J connectivity index is 1.60. The van der Waals surface area contributed by atoms with Crippen LogP contribution in [0, 0.1) is 5.92 Å². The summed E-state index contributed by atoms with van der Waals surface area (Å²) in [7, 11) is 0. The third kappa shape index (κ3) is 2.73. The van der Waals surface area contributed by atoms with Crippen LogP contribution in [0.5, 0.6) is 11.5 Å². The van der Waals surface area contributed by atoms with E-state index >= 15 is 0 Å². The highest BCUT2D eigenvalue weighted by Gasteiger charge is 2.20. The van der Waals surface area contributed by atoms with Gasteiger partial charge in [-0.2, -0.15) is 12.6 Å². The Hall–Kier alpha value is -0.520. The maximum absolute atomic E-state index is 5.40. The van der Waals surface area contributed by atoms with Gasteiger partial charge in [-0.15, -0.1) is 0 Å². The second-order valence-electron chi connectivity index (χ2n) is 4.66. The van der Waals surface area contributed by atoms with Crippen LogP contribution in [0.25, 0.3) is 0 Å². The van der Waals surface area contributed by atoms with E-state index in [2.05, 4.69) is 29.1 Å². The molecule has 98 valence electrons. The summed E-state index contributed by atoms with van der Waals surface area (Å²) in [5.74, 6) is 3.53. The van der Waals surface area contributed by atoms with E-state index in [0.29, 0.717) is 6.79 Å². The van der Waals surface area contributed by atoms with Crippen LogP contribution in [-0.2, 0) is 0 Å². The lowest BCUT2D eigenvalue weighted by Crippen LogP contribution is -2.29. The molecule has 0 N–H and O–H groups in total. The third-order valence-electron chi connectivity index (χ3n) is 3.41. The van der Waals surface area contributed by atoms with E-state index in [1.54, 1.807) is 0 Å². The van der Waals surface area contributed by atoms with E-state index < -0.39 is 0 Å². The van der Waals surface area contributed by atoms with Gasteiger partial charge in [0, 0.05) is 18.0 Å². The quantitative estimate of drug-likeness (QED) is 0.680. The largest absolute Gasteiger partial charge is 0.454 e. The molecule has 2 heterocycles. The molecule has 0 spiro atoms. The van der Waals surface area contributed by atoms with Crippen molar-refractivity contribution in [3.63, 3.8) is 0 Å². The second kappa shape index (κ2) is 5.63. The molecule has 3 rings (SSSR count). The van der Waals surface area contributed by atoms with Crippen molar-refractivity contribution < 1.29 is 9.47 Å². The van der Waals surface area contributed by atoms with Gasteiger partial charge in [-0.05, 0) is 54.7 Å². The zero-order chi connectivity index (χ0) is 12.4. The highest BCUT2D eigenvalue weighted by Crippen LogP contribution is 2.37. The fourth-order valence-electron chi connectivity index (χ4n) is 2.27. The van der Waals surface area contributed by atoms with E-state index in [0.717, 1.165) is 36.3 Å². The van der Waals surface area contributed by atoms with Crippen LogP contribution in [0.3, 0.4) is 0 Å². The average Bonchev–Trinajstić information content (AvgIpc) is 2.87. The molecule has 0 bridgehead atoms. The van der Waals surface area contributed by atoms with Crippen LogP contribution < -0.4 is 9.47 Å². The van der Waals surface area contributed by atoms with Crippen molar-refractivity contribution in [3.05, 3.63) is 18.2 Å². The van der Waals surface area contributed by atoms with E-state index in [1.807, 2.05) is 18.0 Å². The van der Waals surface area contributed by atoms with Crippen molar-refractivity contribution in [1.29, 1.82) is 0 Å². The van der Waals surface area contributed by atoms with Gasteiger partial charge in [0.05, 0.1) is 0 Å². The topological polar surface area (TPSA) is 21.7 Å². The Morgan fingerprint density at radius 2 is 2.00 bits per heavy atom. The van der Waals surface area contributed by atoms with Gasteiger partial charge in [0.2, 0.25) is 6.79 Å². The summed E-state index contributed by atoms with van der Waals surface area (Å²) in [5.41, 5.74) is 0. The van der Waals surface area contributed by atoms with Crippen molar-refractivity contribution in [3.8, 4) is 11.5 Å². The van der Waals surface area contributed by atoms with Crippen molar-refractivity contribution in [2.45, 2.75) is 17.7 Å². The van der Waals surface area contributed by atoms with Gasteiger partial charge in [-0.3, -0.25) is 0 Å². The molecule has 0 radical (unpaired) electrons. The summed E-state index contributed by atoms with van der Waals surface area (Å²) in [6.45, 7) is 2.63.